The molecule has 1 aliphatic rings. The van der Waals surface area contributed by atoms with Gasteiger partial charge in [0.05, 0.1) is 11.5 Å². The number of aromatic nitrogens is 4. The zero-order valence-corrected chi connectivity index (χ0v) is 12.7. The first kappa shape index (κ1) is 14.0. The predicted octanol–water partition coefficient (Wildman–Crippen LogP) is 2.52. The minimum atomic E-state index is 0.301. The Morgan fingerprint density at radius 3 is 2.83 bits per heavy atom. The molecule has 3 aromatic rings. The van der Waals surface area contributed by atoms with Crippen LogP contribution in [0.25, 0.3) is 11.5 Å². The van der Waals surface area contributed by atoms with Crippen LogP contribution in [0.15, 0.2) is 53.5 Å². The second-order valence-electron chi connectivity index (χ2n) is 5.76. The third-order valence-corrected chi connectivity index (χ3v) is 4.13. The Labute approximate surface area is 134 Å². The lowest BCUT2D eigenvalue weighted by Gasteiger charge is -2.14. The minimum absolute atomic E-state index is 0.301. The lowest BCUT2D eigenvalue weighted by Crippen LogP contribution is -2.19. The summed E-state index contributed by atoms with van der Waals surface area (Å²) in [5.41, 5.74) is 2.14. The SMILES string of the molecule is c1cncc(-c2nnc(C3CCN(Cc4ccncc4)C3)o2)c1. The molecular weight excluding hydrogens is 290 g/mol. The third-order valence-electron chi connectivity index (χ3n) is 4.13. The van der Waals surface area contributed by atoms with E-state index in [2.05, 4.69) is 37.2 Å². The molecule has 116 valence electrons. The Balaban J connectivity index is 1.43. The van der Waals surface area contributed by atoms with Crippen molar-refractivity contribution in [2.24, 2.45) is 0 Å². The highest BCUT2D eigenvalue weighted by Crippen LogP contribution is 2.29. The van der Waals surface area contributed by atoms with Gasteiger partial charge in [-0.2, -0.15) is 0 Å². The quantitative estimate of drug-likeness (QED) is 0.738. The summed E-state index contributed by atoms with van der Waals surface area (Å²) in [6.45, 7) is 2.91. The molecule has 1 atom stereocenters. The van der Waals surface area contributed by atoms with Crippen LogP contribution < -0.4 is 0 Å². The van der Waals surface area contributed by atoms with Crippen molar-refractivity contribution in [3.05, 3.63) is 60.5 Å². The van der Waals surface area contributed by atoms with Gasteiger partial charge in [-0.3, -0.25) is 14.9 Å². The van der Waals surface area contributed by atoms with E-state index in [0.29, 0.717) is 11.8 Å². The number of likely N-dealkylation sites (tertiary alicyclic amines) is 1. The largest absolute Gasteiger partial charge is 0.420 e. The van der Waals surface area contributed by atoms with Crippen LogP contribution in [0.3, 0.4) is 0 Å². The first-order valence-corrected chi connectivity index (χ1v) is 7.73. The van der Waals surface area contributed by atoms with Crippen LogP contribution >= 0.6 is 0 Å². The molecule has 6 nitrogen and oxygen atoms in total. The molecule has 1 fully saturated rings. The number of pyridine rings is 2. The topological polar surface area (TPSA) is 67.9 Å². The molecule has 0 radical (unpaired) electrons. The van der Waals surface area contributed by atoms with E-state index in [4.69, 9.17) is 4.42 Å². The van der Waals surface area contributed by atoms with Crippen molar-refractivity contribution in [3.8, 4) is 11.5 Å². The van der Waals surface area contributed by atoms with E-state index in [-0.39, 0.29) is 0 Å². The van der Waals surface area contributed by atoms with Crippen molar-refractivity contribution in [2.45, 2.75) is 18.9 Å². The van der Waals surface area contributed by atoms with Crippen molar-refractivity contribution in [1.29, 1.82) is 0 Å². The van der Waals surface area contributed by atoms with Crippen LogP contribution in [0.2, 0.25) is 0 Å². The lowest BCUT2D eigenvalue weighted by atomic mass is 10.1. The molecule has 0 bridgehead atoms. The highest BCUT2D eigenvalue weighted by molar-refractivity contribution is 5.50. The zero-order chi connectivity index (χ0) is 15.5. The number of rotatable bonds is 4. The van der Waals surface area contributed by atoms with E-state index < -0.39 is 0 Å². The molecule has 6 heteroatoms. The second-order valence-corrected chi connectivity index (χ2v) is 5.76. The highest BCUT2D eigenvalue weighted by Gasteiger charge is 2.28. The monoisotopic (exact) mass is 307 g/mol. The maximum absolute atomic E-state index is 5.85. The molecule has 1 unspecified atom stereocenters. The summed E-state index contributed by atoms with van der Waals surface area (Å²) in [5.74, 6) is 1.57. The van der Waals surface area contributed by atoms with Crippen LogP contribution in [0.1, 0.15) is 23.8 Å². The maximum Gasteiger partial charge on any atom is 0.249 e. The van der Waals surface area contributed by atoms with Gasteiger partial charge < -0.3 is 4.42 Å². The molecule has 1 aliphatic heterocycles. The molecule has 0 N–H and O–H groups in total. The van der Waals surface area contributed by atoms with E-state index in [9.17, 15) is 0 Å². The number of nitrogens with zero attached hydrogens (tertiary/aromatic N) is 5. The number of hydrogen-bond donors (Lipinski definition) is 0. The Morgan fingerprint density at radius 1 is 1.09 bits per heavy atom. The van der Waals surface area contributed by atoms with E-state index in [1.807, 2.05) is 24.5 Å². The smallest absolute Gasteiger partial charge is 0.249 e. The van der Waals surface area contributed by atoms with Crippen molar-refractivity contribution in [1.82, 2.24) is 25.1 Å². The molecule has 23 heavy (non-hydrogen) atoms. The second kappa shape index (κ2) is 6.26. The molecule has 1 saturated heterocycles. The normalized spacial score (nSPS) is 18.3. The van der Waals surface area contributed by atoms with Gasteiger partial charge in [0.15, 0.2) is 0 Å². The van der Waals surface area contributed by atoms with Gasteiger partial charge in [0.25, 0.3) is 0 Å². The molecule has 3 aromatic heterocycles. The van der Waals surface area contributed by atoms with Crippen molar-refractivity contribution in [3.63, 3.8) is 0 Å². The average molecular weight is 307 g/mol. The predicted molar refractivity (Wildman–Crippen MR) is 84.4 cm³/mol. The van der Waals surface area contributed by atoms with Crippen LogP contribution in [-0.2, 0) is 6.54 Å². The van der Waals surface area contributed by atoms with Crippen molar-refractivity contribution < 1.29 is 4.42 Å². The summed E-state index contributed by atoms with van der Waals surface area (Å²) >= 11 is 0. The van der Waals surface area contributed by atoms with Gasteiger partial charge >= 0.3 is 0 Å². The fourth-order valence-corrected chi connectivity index (χ4v) is 2.93. The Morgan fingerprint density at radius 2 is 2.00 bits per heavy atom. The number of hydrogen-bond acceptors (Lipinski definition) is 6. The summed E-state index contributed by atoms with van der Waals surface area (Å²) in [6, 6.07) is 7.90. The summed E-state index contributed by atoms with van der Waals surface area (Å²) < 4.78 is 5.85. The third kappa shape index (κ3) is 3.12. The fourth-order valence-electron chi connectivity index (χ4n) is 2.93. The minimum Gasteiger partial charge on any atom is -0.420 e. The first-order chi connectivity index (χ1) is 11.4. The molecule has 0 amide bonds. The van der Waals surface area contributed by atoms with Crippen molar-refractivity contribution >= 4 is 0 Å². The molecule has 0 aliphatic carbocycles. The van der Waals surface area contributed by atoms with Crippen LogP contribution in [0, 0.1) is 0 Å². The van der Waals surface area contributed by atoms with Gasteiger partial charge in [0.2, 0.25) is 11.8 Å². The molecular formula is C17H17N5O. The molecule has 4 heterocycles. The summed E-state index contributed by atoms with van der Waals surface area (Å²) in [6.07, 6.45) is 8.18. The van der Waals surface area contributed by atoms with Gasteiger partial charge in [-0.05, 0) is 42.8 Å². The Kier molecular flexibility index (Phi) is 3.81. The molecule has 0 spiro atoms. The van der Waals surface area contributed by atoms with Gasteiger partial charge in [-0.25, -0.2) is 0 Å². The van der Waals surface area contributed by atoms with Gasteiger partial charge in [-0.15, -0.1) is 10.2 Å². The Bertz CT molecular complexity index is 759. The Hall–Kier alpha value is -2.60. The van der Waals surface area contributed by atoms with Gasteiger partial charge in [0.1, 0.15) is 0 Å². The van der Waals surface area contributed by atoms with Gasteiger partial charge in [-0.1, -0.05) is 0 Å². The molecule has 4 rings (SSSR count). The van der Waals surface area contributed by atoms with E-state index in [1.54, 1.807) is 12.4 Å². The van der Waals surface area contributed by atoms with E-state index >= 15 is 0 Å². The summed E-state index contributed by atoms with van der Waals surface area (Å²) in [5, 5.41) is 8.39. The highest BCUT2D eigenvalue weighted by atomic mass is 16.4. The average Bonchev–Trinajstić information content (AvgIpc) is 3.26. The zero-order valence-electron chi connectivity index (χ0n) is 12.7. The van der Waals surface area contributed by atoms with E-state index in [1.165, 1.54) is 5.56 Å². The first-order valence-electron chi connectivity index (χ1n) is 7.73. The van der Waals surface area contributed by atoms with Crippen LogP contribution in [0.5, 0.6) is 0 Å². The standard InChI is InChI=1S/C17H17N5O/c1-2-14(10-19-6-1)16-20-21-17(23-16)15-5-9-22(12-15)11-13-3-7-18-8-4-13/h1-4,6-8,10,15H,5,9,11-12H2. The van der Waals surface area contributed by atoms with Gasteiger partial charge in [0, 0.05) is 37.9 Å². The summed E-state index contributed by atoms with van der Waals surface area (Å²) in [7, 11) is 0. The van der Waals surface area contributed by atoms with Crippen LogP contribution in [-0.4, -0.2) is 38.2 Å². The molecule has 0 aromatic carbocycles. The van der Waals surface area contributed by atoms with E-state index in [0.717, 1.165) is 37.5 Å². The molecule has 0 saturated carbocycles. The maximum atomic E-state index is 5.85. The summed E-state index contributed by atoms with van der Waals surface area (Å²) in [4.78, 5) is 10.6. The van der Waals surface area contributed by atoms with Crippen LogP contribution in [0.4, 0.5) is 0 Å². The lowest BCUT2D eigenvalue weighted by molar-refractivity contribution is 0.320. The van der Waals surface area contributed by atoms with Crippen molar-refractivity contribution in [2.75, 3.05) is 13.1 Å². The fraction of sp³-hybridized carbons (Fsp3) is 0.294.